The van der Waals surface area contributed by atoms with E-state index in [0.29, 0.717) is 28.5 Å². The molecule has 0 bridgehead atoms. The number of nitrogens with one attached hydrogen (secondary N) is 1. The van der Waals surface area contributed by atoms with Crippen LogP contribution in [0.25, 0.3) is 0 Å². The molecule has 1 N–H and O–H groups in total. The monoisotopic (exact) mass is 426 g/mol. The van der Waals surface area contributed by atoms with Crippen LogP contribution >= 0.6 is 0 Å². The van der Waals surface area contributed by atoms with Crippen LogP contribution < -0.4 is 24.4 Å². The number of carbonyl (C=O) groups is 2. The molecular formula is C24H30N2O5. The minimum atomic E-state index is -0.496. The Bertz CT molecular complexity index is 905. The first kappa shape index (κ1) is 22.5. The summed E-state index contributed by atoms with van der Waals surface area (Å²) in [4.78, 5) is 26.2. The third-order valence-corrected chi connectivity index (χ3v) is 5.15. The second-order valence-electron chi connectivity index (χ2n) is 7.94. The van der Waals surface area contributed by atoms with Crippen molar-refractivity contribution < 1.29 is 23.8 Å². The molecule has 3 rings (SSSR count). The lowest BCUT2D eigenvalue weighted by atomic mass is 10.2. The summed E-state index contributed by atoms with van der Waals surface area (Å²) >= 11 is 0. The number of esters is 1. The van der Waals surface area contributed by atoms with Crippen molar-refractivity contribution in [2.45, 2.75) is 51.7 Å². The van der Waals surface area contributed by atoms with Crippen LogP contribution in [0.1, 0.15) is 49.9 Å². The second-order valence-corrected chi connectivity index (χ2v) is 7.94. The Kier molecular flexibility index (Phi) is 7.39. The average molecular weight is 427 g/mol. The Hall–Kier alpha value is -3.22. The summed E-state index contributed by atoms with van der Waals surface area (Å²) in [6, 6.07) is 11.7. The van der Waals surface area contributed by atoms with Crippen molar-refractivity contribution in [2.75, 3.05) is 19.1 Å². The SMILES string of the molecule is COc1cc(C(=O)Oc2ccc(N(C)C(=O)NC(C)C)cc2)ccc1OC1CCCC1. The van der Waals surface area contributed by atoms with Gasteiger partial charge in [0.1, 0.15) is 5.75 Å². The quantitative estimate of drug-likeness (QED) is 0.509. The fourth-order valence-corrected chi connectivity index (χ4v) is 3.44. The number of carbonyl (C=O) groups excluding carboxylic acids is 2. The lowest BCUT2D eigenvalue weighted by Crippen LogP contribution is -2.40. The van der Waals surface area contributed by atoms with E-state index in [4.69, 9.17) is 14.2 Å². The number of nitrogens with zero attached hydrogens (tertiary/aromatic N) is 1. The minimum Gasteiger partial charge on any atom is -0.493 e. The molecule has 31 heavy (non-hydrogen) atoms. The van der Waals surface area contributed by atoms with Gasteiger partial charge >= 0.3 is 12.0 Å². The van der Waals surface area contributed by atoms with Crippen LogP contribution in [0, 0.1) is 0 Å². The van der Waals surface area contributed by atoms with E-state index in [1.807, 2.05) is 13.8 Å². The smallest absolute Gasteiger partial charge is 0.343 e. The Morgan fingerprint density at radius 1 is 1.03 bits per heavy atom. The number of hydrogen-bond donors (Lipinski definition) is 1. The van der Waals surface area contributed by atoms with Crippen LogP contribution in [0.4, 0.5) is 10.5 Å². The van der Waals surface area contributed by atoms with Gasteiger partial charge in [-0.3, -0.25) is 4.90 Å². The molecule has 2 amide bonds. The van der Waals surface area contributed by atoms with Crippen molar-refractivity contribution in [3.8, 4) is 17.2 Å². The van der Waals surface area contributed by atoms with E-state index in [1.54, 1.807) is 56.6 Å². The zero-order valence-corrected chi connectivity index (χ0v) is 18.5. The first-order valence-electron chi connectivity index (χ1n) is 10.6. The summed E-state index contributed by atoms with van der Waals surface area (Å²) in [6.07, 6.45) is 4.63. The van der Waals surface area contributed by atoms with Gasteiger partial charge in [-0.2, -0.15) is 0 Å². The summed E-state index contributed by atoms with van der Waals surface area (Å²) in [5.41, 5.74) is 1.06. The number of hydrogen-bond acceptors (Lipinski definition) is 5. The van der Waals surface area contributed by atoms with Gasteiger partial charge in [-0.1, -0.05) is 0 Å². The molecule has 0 spiro atoms. The van der Waals surface area contributed by atoms with E-state index in [1.165, 1.54) is 17.7 Å². The molecule has 7 heteroatoms. The van der Waals surface area contributed by atoms with Gasteiger partial charge in [0.2, 0.25) is 0 Å². The summed E-state index contributed by atoms with van der Waals surface area (Å²) in [6.45, 7) is 3.80. The molecule has 1 saturated carbocycles. The Morgan fingerprint density at radius 2 is 1.71 bits per heavy atom. The lowest BCUT2D eigenvalue weighted by molar-refractivity contribution is 0.0734. The number of anilines is 1. The normalized spacial score (nSPS) is 13.7. The van der Waals surface area contributed by atoms with Gasteiger partial charge in [0, 0.05) is 18.8 Å². The van der Waals surface area contributed by atoms with Gasteiger partial charge in [-0.05, 0) is 82.0 Å². The van der Waals surface area contributed by atoms with Crippen molar-refractivity contribution in [2.24, 2.45) is 0 Å². The third kappa shape index (κ3) is 5.90. The fraction of sp³-hybridized carbons (Fsp3) is 0.417. The number of benzene rings is 2. The molecule has 1 fully saturated rings. The molecule has 0 radical (unpaired) electrons. The third-order valence-electron chi connectivity index (χ3n) is 5.15. The molecule has 2 aromatic carbocycles. The van der Waals surface area contributed by atoms with Gasteiger partial charge in [0.05, 0.1) is 18.8 Å². The Morgan fingerprint density at radius 3 is 2.32 bits per heavy atom. The number of rotatable bonds is 7. The van der Waals surface area contributed by atoms with Crippen molar-refractivity contribution in [1.29, 1.82) is 0 Å². The molecule has 166 valence electrons. The highest BCUT2D eigenvalue weighted by Crippen LogP contribution is 2.32. The summed E-state index contributed by atoms with van der Waals surface area (Å²) in [7, 11) is 3.23. The highest BCUT2D eigenvalue weighted by molar-refractivity contribution is 5.93. The predicted octanol–water partition coefficient (Wildman–Crippen LogP) is 4.79. The highest BCUT2D eigenvalue weighted by Gasteiger charge is 2.20. The number of ether oxygens (including phenoxy) is 3. The van der Waals surface area contributed by atoms with Gasteiger partial charge in [0.15, 0.2) is 11.5 Å². The van der Waals surface area contributed by atoms with Crippen LogP contribution in [0.5, 0.6) is 17.2 Å². The molecule has 7 nitrogen and oxygen atoms in total. The van der Waals surface area contributed by atoms with Crippen LogP contribution in [-0.4, -0.2) is 38.3 Å². The molecular weight excluding hydrogens is 396 g/mol. The maximum absolute atomic E-state index is 12.6. The predicted molar refractivity (Wildman–Crippen MR) is 119 cm³/mol. The van der Waals surface area contributed by atoms with Crippen molar-refractivity contribution in [1.82, 2.24) is 5.32 Å². The van der Waals surface area contributed by atoms with Gasteiger partial charge in [-0.15, -0.1) is 0 Å². The molecule has 1 aliphatic carbocycles. The molecule has 1 aliphatic rings. The maximum Gasteiger partial charge on any atom is 0.343 e. The van der Waals surface area contributed by atoms with Crippen molar-refractivity contribution in [3.05, 3.63) is 48.0 Å². The summed E-state index contributed by atoms with van der Waals surface area (Å²) in [5.74, 6) is 1.04. The zero-order valence-electron chi connectivity index (χ0n) is 18.5. The first-order valence-corrected chi connectivity index (χ1v) is 10.6. The van der Waals surface area contributed by atoms with E-state index in [0.717, 1.165) is 12.8 Å². The molecule has 0 atom stereocenters. The molecule has 0 saturated heterocycles. The standard InChI is InChI=1S/C24H30N2O5/c1-16(2)25-24(28)26(3)18-10-12-20(13-11-18)31-23(27)17-9-14-21(22(15-17)29-4)30-19-7-5-6-8-19/h9-16,19H,5-8H2,1-4H3,(H,25,28). The average Bonchev–Trinajstić information content (AvgIpc) is 3.26. The first-order chi connectivity index (χ1) is 14.9. The van der Waals surface area contributed by atoms with Crippen molar-refractivity contribution >= 4 is 17.7 Å². The van der Waals surface area contributed by atoms with Crippen LogP contribution in [0.3, 0.4) is 0 Å². The largest absolute Gasteiger partial charge is 0.493 e. The second kappa shape index (κ2) is 10.2. The van der Waals surface area contributed by atoms with Crippen LogP contribution in [0.2, 0.25) is 0 Å². The Balaban J connectivity index is 1.64. The summed E-state index contributed by atoms with van der Waals surface area (Å²) < 4.78 is 16.9. The van der Waals surface area contributed by atoms with Crippen LogP contribution in [-0.2, 0) is 0 Å². The molecule has 0 unspecified atom stereocenters. The number of urea groups is 1. The summed E-state index contributed by atoms with van der Waals surface area (Å²) in [5, 5.41) is 2.83. The van der Waals surface area contributed by atoms with E-state index in [2.05, 4.69) is 5.32 Å². The minimum absolute atomic E-state index is 0.0436. The van der Waals surface area contributed by atoms with Gasteiger partial charge < -0.3 is 19.5 Å². The van der Waals surface area contributed by atoms with Gasteiger partial charge in [-0.25, -0.2) is 9.59 Å². The molecule has 0 heterocycles. The topological polar surface area (TPSA) is 77.1 Å². The Labute approximate surface area is 183 Å². The zero-order chi connectivity index (χ0) is 22.4. The number of amides is 2. The van der Waals surface area contributed by atoms with E-state index >= 15 is 0 Å². The molecule has 0 aliphatic heterocycles. The van der Waals surface area contributed by atoms with Crippen molar-refractivity contribution in [3.63, 3.8) is 0 Å². The maximum atomic E-state index is 12.6. The van der Waals surface area contributed by atoms with E-state index in [9.17, 15) is 9.59 Å². The molecule has 2 aromatic rings. The number of methoxy groups -OCH3 is 1. The highest BCUT2D eigenvalue weighted by atomic mass is 16.5. The van der Waals surface area contributed by atoms with Crippen LogP contribution in [0.15, 0.2) is 42.5 Å². The van der Waals surface area contributed by atoms with E-state index in [-0.39, 0.29) is 18.2 Å². The lowest BCUT2D eigenvalue weighted by Gasteiger charge is -2.20. The van der Waals surface area contributed by atoms with E-state index < -0.39 is 5.97 Å². The fourth-order valence-electron chi connectivity index (χ4n) is 3.44. The van der Waals surface area contributed by atoms with Gasteiger partial charge in [0.25, 0.3) is 0 Å². The molecule has 0 aromatic heterocycles.